The van der Waals surface area contributed by atoms with E-state index in [-0.39, 0.29) is 11.1 Å². The van der Waals surface area contributed by atoms with Gasteiger partial charge in [0, 0.05) is 23.1 Å². The number of thioether (sulfide) groups is 1. The second-order valence-electron chi connectivity index (χ2n) is 5.05. The number of aryl methyl sites for hydroxylation is 2. The monoisotopic (exact) mass is 289 g/mol. The quantitative estimate of drug-likeness (QED) is 0.884. The lowest BCUT2D eigenvalue weighted by atomic mass is 10.1. The van der Waals surface area contributed by atoms with Gasteiger partial charge in [-0.2, -0.15) is 0 Å². The smallest absolute Gasteiger partial charge is 0.127 e. The molecule has 2 aromatic rings. The average molecular weight is 289 g/mol. The van der Waals surface area contributed by atoms with Crippen molar-refractivity contribution < 1.29 is 4.39 Å². The summed E-state index contributed by atoms with van der Waals surface area (Å²) in [5, 5.41) is -0.00276. The van der Waals surface area contributed by atoms with Crippen LogP contribution in [0.3, 0.4) is 0 Å². The minimum Gasteiger partial charge on any atom is -0.329 e. The molecule has 0 saturated carbocycles. The number of halogens is 1. The summed E-state index contributed by atoms with van der Waals surface area (Å²) in [6.45, 7) is 4.63. The lowest BCUT2D eigenvalue weighted by molar-refractivity contribution is 0.608. The molecule has 1 nitrogen and oxygen atoms in total. The van der Waals surface area contributed by atoms with Crippen molar-refractivity contribution in [1.29, 1.82) is 0 Å². The summed E-state index contributed by atoms with van der Waals surface area (Å²) in [5.41, 5.74) is 10.3. The van der Waals surface area contributed by atoms with Crippen LogP contribution in [0.2, 0.25) is 0 Å². The van der Waals surface area contributed by atoms with Crippen molar-refractivity contribution in [3.05, 3.63) is 70.5 Å². The van der Waals surface area contributed by atoms with Crippen LogP contribution in [-0.2, 0) is 5.75 Å². The minimum absolute atomic E-state index is 0.00276. The average Bonchev–Trinajstić information content (AvgIpc) is 2.40. The summed E-state index contributed by atoms with van der Waals surface area (Å²) in [5.74, 6) is 0.675. The van der Waals surface area contributed by atoms with Gasteiger partial charge in [0.2, 0.25) is 0 Å². The lowest BCUT2D eigenvalue weighted by Crippen LogP contribution is -2.11. The molecule has 0 spiro atoms. The molecule has 0 aliphatic rings. The molecule has 1 unspecified atom stereocenters. The van der Waals surface area contributed by atoms with Crippen LogP contribution >= 0.6 is 11.8 Å². The van der Waals surface area contributed by atoms with E-state index in [0.717, 1.165) is 5.75 Å². The number of rotatable bonds is 5. The third-order valence-corrected chi connectivity index (χ3v) is 4.55. The molecular weight excluding hydrogens is 269 g/mol. The SMILES string of the molecule is Cc1cc(C)cc(CSC(CN)c2ccccc2F)c1. The standard InChI is InChI=1S/C17H20FNS/c1-12-7-13(2)9-14(8-12)11-20-17(10-19)15-5-3-4-6-16(15)18/h3-9,17H,10-11,19H2,1-2H3. The Morgan fingerprint density at radius 1 is 1.10 bits per heavy atom. The van der Waals surface area contributed by atoms with Gasteiger partial charge in [0.25, 0.3) is 0 Å². The Morgan fingerprint density at radius 2 is 1.75 bits per heavy atom. The van der Waals surface area contributed by atoms with Gasteiger partial charge >= 0.3 is 0 Å². The first-order chi connectivity index (χ1) is 9.60. The topological polar surface area (TPSA) is 26.0 Å². The van der Waals surface area contributed by atoms with Crippen molar-refractivity contribution in [2.45, 2.75) is 24.9 Å². The summed E-state index contributed by atoms with van der Waals surface area (Å²) < 4.78 is 13.8. The fourth-order valence-corrected chi connectivity index (χ4v) is 3.44. The van der Waals surface area contributed by atoms with Gasteiger partial charge in [-0.1, -0.05) is 47.5 Å². The number of benzene rings is 2. The molecule has 106 valence electrons. The summed E-state index contributed by atoms with van der Waals surface area (Å²) in [6.07, 6.45) is 0. The van der Waals surface area contributed by atoms with Gasteiger partial charge in [0.15, 0.2) is 0 Å². The van der Waals surface area contributed by atoms with E-state index >= 15 is 0 Å². The van der Waals surface area contributed by atoms with E-state index in [4.69, 9.17) is 5.73 Å². The molecule has 0 aliphatic carbocycles. The Balaban J connectivity index is 2.10. The summed E-state index contributed by atoms with van der Waals surface area (Å²) in [7, 11) is 0. The van der Waals surface area contributed by atoms with Crippen LogP contribution < -0.4 is 5.73 Å². The van der Waals surface area contributed by atoms with Crippen LogP contribution in [0.1, 0.15) is 27.5 Å². The minimum atomic E-state index is -0.170. The van der Waals surface area contributed by atoms with Crippen molar-refractivity contribution in [2.24, 2.45) is 5.73 Å². The Labute approximate surface area is 124 Å². The van der Waals surface area contributed by atoms with Crippen molar-refractivity contribution >= 4 is 11.8 Å². The fraction of sp³-hybridized carbons (Fsp3) is 0.294. The number of hydrogen-bond acceptors (Lipinski definition) is 2. The molecule has 0 bridgehead atoms. The largest absolute Gasteiger partial charge is 0.329 e. The first-order valence-corrected chi connectivity index (χ1v) is 7.78. The van der Waals surface area contributed by atoms with Crippen LogP contribution in [0, 0.1) is 19.7 Å². The van der Waals surface area contributed by atoms with E-state index in [2.05, 4.69) is 32.0 Å². The normalized spacial score (nSPS) is 12.4. The van der Waals surface area contributed by atoms with Gasteiger partial charge in [0.05, 0.1) is 0 Å². The molecule has 1 atom stereocenters. The maximum atomic E-state index is 13.8. The van der Waals surface area contributed by atoms with Gasteiger partial charge in [-0.15, -0.1) is 11.8 Å². The van der Waals surface area contributed by atoms with Crippen LogP contribution in [0.4, 0.5) is 4.39 Å². The number of nitrogens with two attached hydrogens (primary N) is 1. The predicted molar refractivity (Wildman–Crippen MR) is 85.4 cm³/mol. The predicted octanol–water partition coefficient (Wildman–Crippen LogP) is 4.38. The maximum absolute atomic E-state index is 13.8. The van der Waals surface area contributed by atoms with E-state index in [1.807, 2.05) is 12.1 Å². The van der Waals surface area contributed by atoms with Gasteiger partial charge in [-0.25, -0.2) is 4.39 Å². The fourth-order valence-electron chi connectivity index (χ4n) is 2.37. The highest BCUT2D eigenvalue weighted by atomic mass is 32.2. The molecule has 2 N–H and O–H groups in total. The Bertz CT molecular complexity index is 563. The second-order valence-corrected chi connectivity index (χ2v) is 6.24. The molecule has 0 aromatic heterocycles. The van der Waals surface area contributed by atoms with Crippen molar-refractivity contribution in [3.63, 3.8) is 0 Å². The van der Waals surface area contributed by atoms with Crippen molar-refractivity contribution in [2.75, 3.05) is 6.54 Å². The van der Waals surface area contributed by atoms with E-state index in [1.54, 1.807) is 17.8 Å². The molecule has 2 rings (SSSR count). The molecule has 0 aliphatic heterocycles. The third kappa shape index (κ3) is 3.84. The van der Waals surface area contributed by atoms with Crippen LogP contribution in [0.25, 0.3) is 0 Å². The van der Waals surface area contributed by atoms with E-state index in [1.165, 1.54) is 22.8 Å². The Hall–Kier alpha value is -1.32. The highest BCUT2D eigenvalue weighted by molar-refractivity contribution is 7.98. The molecule has 3 heteroatoms. The molecule has 0 heterocycles. The first-order valence-electron chi connectivity index (χ1n) is 6.73. The maximum Gasteiger partial charge on any atom is 0.127 e. The molecule has 20 heavy (non-hydrogen) atoms. The molecule has 0 fully saturated rings. The Kier molecular flexibility index (Phi) is 5.21. The molecule has 0 radical (unpaired) electrons. The first kappa shape index (κ1) is 15.1. The van der Waals surface area contributed by atoms with Gasteiger partial charge in [-0.3, -0.25) is 0 Å². The van der Waals surface area contributed by atoms with Crippen LogP contribution in [-0.4, -0.2) is 6.54 Å². The highest BCUT2D eigenvalue weighted by Crippen LogP contribution is 2.32. The lowest BCUT2D eigenvalue weighted by Gasteiger charge is -2.16. The zero-order chi connectivity index (χ0) is 14.5. The third-order valence-electron chi connectivity index (χ3n) is 3.20. The number of hydrogen-bond donors (Lipinski definition) is 1. The molecule has 0 saturated heterocycles. The highest BCUT2D eigenvalue weighted by Gasteiger charge is 2.14. The van der Waals surface area contributed by atoms with Crippen molar-refractivity contribution in [3.8, 4) is 0 Å². The molecule has 0 amide bonds. The zero-order valence-electron chi connectivity index (χ0n) is 11.9. The van der Waals surface area contributed by atoms with Crippen LogP contribution in [0.5, 0.6) is 0 Å². The van der Waals surface area contributed by atoms with E-state index < -0.39 is 0 Å². The van der Waals surface area contributed by atoms with E-state index in [0.29, 0.717) is 12.1 Å². The van der Waals surface area contributed by atoms with Crippen molar-refractivity contribution in [1.82, 2.24) is 0 Å². The van der Waals surface area contributed by atoms with Crippen LogP contribution in [0.15, 0.2) is 42.5 Å². The van der Waals surface area contributed by atoms with Gasteiger partial charge in [0.1, 0.15) is 5.82 Å². The van der Waals surface area contributed by atoms with Gasteiger partial charge in [-0.05, 0) is 25.5 Å². The Morgan fingerprint density at radius 3 is 2.35 bits per heavy atom. The summed E-state index contributed by atoms with van der Waals surface area (Å²) in [6, 6.07) is 13.4. The van der Waals surface area contributed by atoms with Gasteiger partial charge < -0.3 is 5.73 Å². The second kappa shape index (κ2) is 6.91. The molecule has 2 aromatic carbocycles. The van der Waals surface area contributed by atoms with E-state index in [9.17, 15) is 4.39 Å². The summed E-state index contributed by atoms with van der Waals surface area (Å²) >= 11 is 1.69. The molecular formula is C17H20FNS. The summed E-state index contributed by atoms with van der Waals surface area (Å²) in [4.78, 5) is 0. The zero-order valence-corrected chi connectivity index (χ0v) is 12.7.